The van der Waals surface area contributed by atoms with Crippen LogP contribution in [0, 0.1) is 0 Å². The summed E-state index contributed by atoms with van der Waals surface area (Å²) in [5, 5.41) is 11.6. The predicted octanol–water partition coefficient (Wildman–Crippen LogP) is 0.173. The van der Waals surface area contributed by atoms with Gasteiger partial charge in [-0.05, 0) is 33.1 Å². The summed E-state index contributed by atoms with van der Waals surface area (Å²) >= 11 is 0. The number of aliphatic carboxylic acids is 1. The monoisotopic (exact) mass is 311 g/mol. The molecule has 8 nitrogen and oxygen atoms in total. The number of carbonyl (C=O) groups is 4. The van der Waals surface area contributed by atoms with Crippen molar-refractivity contribution in [1.29, 1.82) is 0 Å². The zero-order valence-corrected chi connectivity index (χ0v) is 12.8. The Balaban J connectivity index is 1.84. The summed E-state index contributed by atoms with van der Waals surface area (Å²) in [6.45, 7) is 3.86. The number of nitrogens with one attached hydrogen (secondary N) is 1. The Morgan fingerprint density at radius 2 is 2.05 bits per heavy atom. The van der Waals surface area contributed by atoms with Crippen LogP contribution in [-0.4, -0.2) is 63.4 Å². The van der Waals surface area contributed by atoms with Gasteiger partial charge in [0.2, 0.25) is 5.91 Å². The lowest BCUT2D eigenvalue weighted by Crippen LogP contribution is -2.41. The minimum atomic E-state index is -0.985. The number of carbonyl (C=O) groups excluding carboxylic acids is 3. The van der Waals surface area contributed by atoms with E-state index < -0.39 is 23.6 Å². The molecule has 2 saturated heterocycles. The zero-order valence-electron chi connectivity index (χ0n) is 12.8. The van der Waals surface area contributed by atoms with E-state index in [-0.39, 0.29) is 24.8 Å². The smallest absolute Gasteiger partial charge is 0.326 e. The molecule has 22 heavy (non-hydrogen) atoms. The maximum atomic E-state index is 12.1. The number of likely N-dealkylation sites (tertiary alicyclic amines) is 1. The van der Waals surface area contributed by atoms with Crippen LogP contribution in [0.2, 0.25) is 0 Å². The molecule has 2 aliphatic heterocycles. The van der Waals surface area contributed by atoms with Gasteiger partial charge >= 0.3 is 12.0 Å². The van der Waals surface area contributed by atoms with Crippen molar-refractivity contribution in [2.45, 2.75) is 51.1 Å². The Labute approximate surface area is 128 Å². The van der Waals surface area contributed by atoms with Crippen LogP contribution in [0.3, 0.4) is 0 Å². The Hall–Kier alpha value is -2.12. The molecule has 0 bridgehead atoms. The van der Waals surface area contributed by atoms with E-state index >= 15 is 0 Å². The van der Waals surface area contributed by atoms with Crippen LogP contribution in [0.1, 0.15) is 39.5 Å². The molecule has 8 heteroatoms. The average molecular weight is 311 g/mol. The van der Waals surface area contributed by atoms with E-state index in [1.807, 2.05) is 0 Å². The SMILES string of the molecule is CC1(C)NC(=O)N(CCCC(=O)N2CCC[C@H]2C(=O)O)C1=O. The molecule has 0 saturated carbocycles. The van der Waals surface area contributed by atoms with Gasteiger partial charge in [-0.2, -0.15) is 0 Å². The van der Waals surface area contributed by atoms with Crippen molar-refractivity contribution in [1.82, 2.24) is 15.1 Å². The molecule has 2 heterocycles. The number of urea groups is 1. The van der Waals surface area contributed by atoms with Crippen molar-refractivity contribution < 1.29 is 24.3 Å². The highest BCUT2D eigenvalue weighted by Crippen LogP contribution is 2.20. The number of carboxylic acid groups (broad SMARTS) is 1. The van der Waals surface area contributed by atoms with Gasteiger partial charge in [-0.25, -0.2) is 9.59 Å². The van der Waals surface area contributed by atoms with Crippen molar-refractivity contribution in [2.24, 2.45) is 0 Å². The number of rotatable bonds is 5. The van der Waals surface area contributed by atoms with E-state index in [1.54, 1.807) is 13.8 Å². The lowest BCUT2D eigenvalue weighted by molar-refractivity contribution is -0.148. The van der Waals surface area contributed by atoms with Crippen LogP contribution in [0.15, 0.2) is 0 Å². The summed E-state index contributed by atoms with van der Waals surface area (Å²) in [5.41, 5.74) is -0.912. The number of imide groups is 1. The molecule has 0 aromatic carbocycles. The van der Waals surface area contributed by atoms with Crippen LogP contribution in [0.5, 0.6) is 0 Å². The third kappa shape index (κ3) is 3.05. The largest absolute Gasteiger partial charge is 0.480 e. The quantitative estimate of drug-likeness (QED) is 0.704. The molecule has 122 valence electrons. The topological polar surface area (TPSA) is 107 Å². The van der Waals surface area contributed by atoms with Gasteiger partial charge in [0, 0.05) is 19.5 Å². The van der Waals surface area contributed by atoms with Crippen molar-refractivity contribution >= 4 is 23.8 Å². The number of nitrogens with zero attached hydrogens (tertiary/aromatic N) is 2. The molecular weight excluding hydrogens is 290 g/mol. The molecular formula is C14H21N3O5. The molecule has 1 atom stereocenters. The lowest BCUT2D eigenvalue weighted by atomic mass is 10.1. The third-order valence-electron chi connectivity index (χ3n) is 4.07. The number of amides is 4. The molecule has 0 spiro atoms. The fraction of sp³-hybridized carbons (Fsp3) is 0.714. The summed E-state index contributed by atoms with van der Waals surface area (Å²) < 4.78 is 0. The van der Waals surface area contributed by atoms with E-state index in [0.717, 1.165) is 4.90 Å². The molecule has 0 unspecified atom stereocenters. The maximum absolute atomic E-state index is 12.1. The van der Waals surface area contributed by atoms with Crippen molar-refractivity contribution in [2.75, 3.05) is 13.1 Å². The van der Waals surface area contributed by atoms with Gasteiger partial charge in [-0.15, -0.1) is 0 Å². The first kappa shape index (κ1) is 16.3. The van der Waals surface area contributed by atoms with Gasteiger partial charge < -0.3 is 15.3 Å². The van der Waals surface area contributed by atoms with E-state index in [4.69, 9.17) is 5.11 Å². The molecule has 2 rings (SSSR count). The summed E-state index contributed by atoms with van der Waals surface area (Å²) in [4.78, 5) is 49.3. The minimum Gasteiger partial charge on any atom is -0.480 e. The highest BCUT2D eigenvalue weighted by molar-refractivity contribution is 6.06. The van der Waals surface area contributed by atoms with Crippen LogP contribution in [-0.2, 0) is 14.4 Å². The first-order valence-corrected chi connectivity index (χ1v) is 7.40. The van der Waals surface area contributed by atoms with Gasteiger partial charge in [0.05, 0.1) is 0 Å². The van der Waals surface area contributed by atoms with Crippen molar-refractivity contribution in [3.63, 3.8) is 0 Å². The Morgan fingerprint density at radius 1 is 1.36 bits per heavy atom. The molecule has 0 aliphatic carbocycles. The standard InChI is InChI=1S/C14H21N3O5/c1-14(2)12(21)17(13(22)15-14)8-4-6-10(18)16-7-3-5-9(16)11(19)20/h9H,3-8H2,1-2H3,(H,15,22)(H,19,20)/t9-/m0/s1. The normalized spacial score (nSPS) is 23.8. The van der Waals surface area contributed by atoms with Gasteiger partial charge in [0.25, 0.3) is 5.91 Å². The number of hydrogen-bond donors (Lipinski definition) is 2. The molecule has 2 N–H and O–H groups in total. The van der Waals surface area contributed by atoms with Gasteiger partial charge in [0.1, 0.15) is 11.6 Å². The van der Waals surface area contributed by atoms with E-state index in [1.165, 1.54) is 4.90 Å². The van der Waals surface area contributed by atoms with Crippen molar-refractivity contribution in [3.8, 4) is 0 Å². The van der Waals surface area contributed by atoms with Gasteiger partial charge in [0.15, 0.2) is 0 Å². The summed E-state index contributed by atoms with van der Waals surface area (Å²) in [6.07, 6.45) is 1.62. The highest BCUT2D eigenvalue weighted by atomic mass is 16.4. The molecule has 0 radical (unpaired) electrons. The highest BCUT2D eigenvalue weighted by Gasteiger charge is 2.44. The second-order valence-electron chi connectivity index (χ2n) is 6.20. The van der Waals surface area contributed by atoms with E-state index in [0.29, 0.717) is 25.8 Å². The lowest BCUT2D eigenvalue weighted by Gasteiger charge is -2.22. The fourth-order valence-corrected chi connectivity index (χ4v) is 2.87. The Bertz CT molecular complexity index is 517. The third-order valence-corrected chi connectivity index (χ3v) is 4.07. The Morgan fingerprint density at radius 3 is 2.59 bits per heavy atom. The summed E-state index contributed by atoms with van der Waals surface area (Å²) in [7, 11) is 0. The molecule has 4 amide bonds. The zero-order chi connectivity index (χ0) is 16.5. The molecule has 2 aliphatic rings. The summed E-state index contributed by atoms with van der Waals surface area (Å²) in [5.74, 6) is -1.53. The summed E-state index contributed by atoms with van der Waals surface area (Å²) in [6, 6.07) is -1.20. The molecule has 2 fully saturated rings. The average Bonchev–Trinajstić information content (AvgIpc) is 2.97. The number of carboxylic acids is 1. The van der Waals surface area contributed by atoms with Gasteiger partial charge in [-0.3, -0.25) is 14.5 Å². The number of hydrogen-bond acceptors (Lipinski definition) is 4. The van der Waals surface area contributed by atoms with E-state index in [9.17, 15) is 19.2 Å². The first-order valence-electron chi connectivity index (χ1n) is 7.40. The Kier molecular flexibility index (Phi) is 4.39. The fourth-order valence-electron chi connectivity index (χ4n) is 2.87. The van der Waals surface area contributed by atoms with Crippen LogP contribution < -0.4 is 5.32 Å². The second-order valence-corrected chi connectivity index (χ2v) is 6.20. The van der Waals surface area contributed by atoms with Gasteiger partial charge in [-0.1, -0.05) is 0 Å². The maximum Gasteiger partial charge on any atom is 0.326 e. The van der Waals surface area contributed by atoms with Crippen LogP contribution >= 0.6 is 0 Å². The molecule has 0 aromatic rings. The van der Waals surface area contributed by atoms with Crippen molar-refractivity contribution in [3.05, 3.63) is 0 Å². The van der Waals surface area contributed by atoms with Crippen LogP contribution in [0.4, 0.5) is 4.79 Å². The molecule has 0 aromatic heterocycles. The second kappa shape index (κ2) is 5.94. The van der Waals surface area contributed by atoms with Crippen LogP contribution in [0.25, 0.3) is 0 Å². The predicted molar refractivity (Wildman–Crippen MR) is 75.9 cm³/mol. The van der Waals surface area contributed by atoms with E-state index in [2.05, 4.69) is 5.32 Å². The first-order chi connectivity index (χ1) is 10.2. The minimum absolute atomic E-state index is 0.126.